The summed E-state index contributed by atoms with van der Waals surface area (Å²) < 4.78 is 16.1. The van der Waals surface area contributed by atoms with Gasteiger partial charge >= 0.3 is 6.09 Å². The number of aryl methyl sites for hydroxylation is 1. The van der Waals surface area contributed by atoms with Crippen LogP contribution in [0.15, 0.2) is 22.8 Å². The van der Waals surface area contributed by atoms with E-state index in [1.807, 2.05) is 39.8 Å². The second-order valence-corrected chi connectivity index (χ2v) is 6.19. The molecule has 1 heterocycles. The van der Waals surface area contributed by atoms with Crippen LogP contribution < -0.4 is 10.1 Å². The molecule has 0 aliphatic carbocycles. The van der Waals surface area contributed by atoms with Gasteiger partial charge in [0.1, 0.15) is 16.9 Å². The molecule has 0 saturated heterocycles. The van der Waals surface area contributed by atoms with E-state index in [2.05, 4.69) is 5.32 Å². The number of rotatable bonds is 4. The second-order valence-electron chi connectivity index (χ2n) is 6.19. The molecule has 0 bridgehead atoms. The van der Waals surface area contributed by atoms with E-state index in [0.717, 1.165) is 27.8 Å². The number of nitrogens with one attached hydrogen (secondary N) is 1. The molecule has 2 rings (SSSR count). The third-order valence-corrected chi connectivity index (χ3v) is 3.37. The number of carbonyl (C=O) groups excluding carboxylic acids is 1. The highest BCUT2D eigenvalue weighted by molar-refractivity contribution is 5.84. The maximum atomic E-state index is 11.7. The number of fused-ring (bicyclic) bond motifs is 1. The average molecular weight is 305 g/mol. The smallest absolute Gasteiger partial charge is 0.407 e. The minimum Gasteiger partial charge on any atom is -0.496 e. The van der Waals surface area contributed by atoms with Crippen molar-refractivity contribution < 1.29 is 18.7 Å². The summed E-state index contributed by atoms with van der Waals surface area (Å²) in [6.07, 6.45) is 1.92. The van der Waals surface area contributed by atoms with Gasteiger partial charge in [-0.2, -0.15) is 0 Å². The van der Waals surface area contributed by atoms with Crippen LogP contribution in [0.4, 0.5) is 4.79 Å². The molecular formula is C17H23NO4. The van der Waals surface area contributed by atoms with Gasteiger partial charge in [0.25, 0.3) is 0 Å². The first-order valence-corrected chi connectivity index (χ1v) is 7.32. The zero-order chi connectivity index (χ0) is 16.3. The minimum absolute atomic E-state index is 0.409. The lowest BCUT2D eigenvalue weighted by Crippen LogP contribution is -2.33. The van der Waals surface area contributed by atoms with E-state index in [0.29, 0.717) is 13.0 Å². The molecule has 1 amide bonds. The molecular weight excluding hydrogens is 282 g/mol. The molecule has 0 aliphatic heterocycles. The Morgan fingerprint density at radius 2 is 2.09 bits per heavy atom. The monoisotopic (exact) mass is 305 g/mol. The van der Waals surface area contributed by atoms with Crippen LogP contribution in [0.5, 0.6) is 5.75 Å². The molecule has 22 heavy (non-hydrogen) atoms. The van der Waals surface area contributed by atoms with Crippen LogP contribution in [0.1, 0.15) is 31.9 Å². The van der Waals surface area contributed by atoms with E-state index >= 15 is 0 Å². The molecule has 1 aromatic carbocycles. The lowest BCUT2D eigenvalue weighted by Gasteiger charge is -2.20. The summed E-state index contributed by atoms with van der Waals surface area (Å²) in [5, 5.41) is 3.83. The van der Waals surface area contributed by atoms with Gasteiger partial charge in [0.15, 0.2) is 0 Å². The topological polar surface area (TPSA) is 60.7 Å². The fourth-order valence-electron chi connectivity index (χ4n) is 2.39. The summed E-state index contributed by atoms with van der Waals surface area (Å²) in [5.74, 6) is 0.769. The third-order valence-electron chi connectivity index (χ3n) is 3.37. The summed E-state index contributed by atoms with van der Waals surface area (Å²) in [6.45, 7) is 8.03. The number of alkyl carbamates (subject to hydrolysis) is 1. The van der Waals surface area contributed by atoms with Crippen molar-refractivity contribution >= 4 is 17.1 Å². The number of hydrogen-bond acceptors (Lipinski definition) is 4. The van der Waals surface area contributed by atoms with Crippen molar-refractivity contribution in [2.24, 2.45) is 0 Å². The van der Waals surface area contributed by atoms with Gasteiger partial charge in [-0.25, -0.2) is 4.79 Å². The molecule has 0 unspecified atom stereocenters. The molecule has 0 spiro atoms. The van der Waals surface area contributed by atoms with Crippen LogP contribution >= 0.6 is 0 Å². The van der Waals surface area contributed by atoms with Gasteiger partial charge in [0.2, 0.25) is 0 Å². The summed E-state index contributed by atoms with van der Waals surface area (Å²) in [7, 11) is 1.63. The molecule has 1 N–H and O–H groups in total. The molecule has 120 valence electrons. The first-order valence-electron chi connectivity index (χ1n) is 7.32. The minimum atomic E-state index is -0.493. The Balaban J connectivity index is 2.08. The van der Waals surface area contributed by atoms with Gasteiger partial charge in [-0.05, 0) is 51.3 Å². The highest BCUT2D eigenvalue weighted by Gasteiger charge is 2.17. The molecule has 1 aromatic heterocycles. The van der Waals surface area contributed by atoms with Crippen LogP contribution in [-0.2, 0) is 11.2 Å². The molecule has 0 fully saturated rings. The van der Waals surface area contributed by atoms with E-state index in [1.54, 1.807) is 13.4 Å². The van der Waals surface area contributed by atoms with Crippen molar-refractivity contribution in [1.82, 2.24) is 5.32 Å². The number of methoxy groups -OCH3 is 1. The van der Waals surface area contributed by atoms with Gasteiger partial charge in [0, 0.05) is 18.0 Å². The second kappa shape index (κ2) is 6.30. The number of hydrogen-bond donors (Lipinski definition) is 1. The molecule has 2 aromatic rings. The maximum Gasteiger partial charge on any atom is 0.407 e. The Morgan fingerprint density at radius 1 is 1.36 bits per heavy atom. The predicted molar refractivity (Wildman–Crippen MR) is 85.4 cm³/mol. The van der Waals surface area contributed by atoms with Crippen molar-refractivity contribution in [3.8, 4) is 5.75 Å². The Hall–Kier alpha value is -2.17. The average Bonchev–Trinajstić information content (AvgIpc) is 2.87. The first kappa shape index (κ1) is 16.2. The van der Waals surface area contributed by atoms with Crippen LogP contribution in [0.3, 0.4) is 0 Å². The summed E-state index contributed by atoms with van der Waals surface area (Å²) in [4.78, 5) is 11.7. The van der Waals surface area contributed by atoms with Crippen molar-refractivity contribution in [1.29, 1.82) is 0 Å². The fraction of sp³-hybridized carbons (Fsp3) is 0.471. The number of furan rings is 1. The molecule has 0 aliphatic rings. The summed E-state index contributed by atoms with van der Waals surface area (Å²) in [5.41, 5.74) is 2.48. The van der Waals surface area contributed by atoms with Crippen LogP contribution in [0, 0.1) is 6.92 Å². The number of ether oxygens (including phenoxy) is 2. The molecule has 0 radical (unpaired) electrons. The van der Waals surface area contributed by atoms with Gasteiger partial charge in [0.05, 0.1) is 13.4 Å². The largest absolute Gasteiger partial charge is 0.496 e. The van der Waals surface area contributed by atoms with E-state index in [1.165, 1.54) is 0 Å². The zero-order valence-corrected chi connectivity index (χ0v) is 13.8. The zero-order valence-electron chi connectivity index (χ0n) is 13.8. The van der Waals surface area contributed by atoms with E-state index in [9.17, 15) is 4.79 Å². The number of benzene rings is 1. The van der Waals surface area contributed by atoms with Gasteiger partial charge in [-0.1, -0.05) is 0 Å². The van der Waals surface area contributed by atoms with Crippen LogP contribution in [0.2, 0.25) is 0 Å². The SMILES string of the molecule is COc1cc2occc2c(C)c1CCNC(=O)OC(C)(C)C. The Kier molecular flexibility index (Phi) is 4.64. The fourth-order valence-corrected chi connectivity index (χ4v) is 2.39. The highest BCUT2D eigenvalue weighted by Crippen LogP contribution is 2.31. The Morgan fingerprint density at radius 3 is 2.73 bits per heavy atom. The molecule has 0 saturated carbocycles. The maximum absolute atomic E-state index is 11.7. The lowest BCUT2D eigenvalue weighted by atomic mass is 10.0. The third kappa shape index (κ3) is 3.72. The van der Waals surface area contributed by atoms with Gasteiger partial charge in [-0.15, -0.1) is 0 Å². The van der Waals surface area contributed by atoms with E-state index in [4.69, 9.17) is 13.9 Å². The number of carbonyl (C=O) groups is 1. The summed E-state index contributed by atoms with van der Waals surface area (Å²) >= 11 is 0. The molecule has 0 atom stereocenters. The van der Waals surface area contributed by atoms with E-state index < -0.39 is 11.7 Å². The van der Waals surface area contributed by atoms with Crippen molar-refractivity contribution in [3.63, 3.8) is 0 Å². The van der Waals surface area contributed by atoms with Gasteiger partial charge in [-0.3, -0.25) is 0 Å². The Labute approximate surface area is 130 Å². The standard InChI is InChI=1S/C17H23NO4/c1-11-12(6-8-18-16(19)22-17(2,3)4)14(20-5)10-15-13(11)7-9-21-15/h7,9-10H,6,8H2,1-5H3,(H,18,19). The van der Waals surface area contributed by atoms with Crippen LogP contribution in [-0.4, -0.2) is 25.3 Å². The predicted octanol–water partition coefficient (Wildman–Crippen LogP) is 3.82. The lowest BCUT2D eigenvalue weighted by molar-refractivity contribution is 0.0528. The van der Waals surface area contributed by atoms with Crippen molar-refractivity contribution in [3.05, 3.63) is 29.5 Å². The van der Waals surface area contributed by atoms with E-state index in [-0.39, 0.29) is 0 Å². The normalized spacial score (nSPS) is 11.5. The first-order chi connectivity index (χ1) is 10.3. The van der Waals surface area contributed by atoms with Crippen LogP contribution in [0.25, 0.3) is 11.0 Å². The highest BCUT2D eigenvalue weighted by atomic mass is 16.6. The molecule has 5 heteroatoms. The van der Waals surface area contributed by atoms with Gasteiger partial charge < -0.3 is 19.2 Å². The van der Waals surface area contributed by atoms with Crippen molar-refractivity contribution in [2.45, 2.75) is 39.7 Å². The summed E-state index contributed by atoms with van der Waals surface area (Å²) in [6, 6.07) is 3.82. The van der Waals surface area contributed by atoms with Crippen molar-refractivity contribution in [2.75, 3.05) is 13.7 Å². The Bertz CT molecular complexity index is 667. The quantitative estimate of drug-likeness (QED) is 0.933. The molecule has 5 nitrogen and oxygen atoms in total. The number of amides is 1.